The summed E-state index contributed by atoms with van der Waals surface area (Å²) in [4.78, 5) is 7.87. The lowest BCUT2D eigenvalue weighted by Gasteiger charge is -2.33. The fourth-order valence-electron chi connectivity index (χ4n) is 3.71. The molecule has 1 fully saturated rings. The lowest BCUT2D eigenvalue weighted by atomic mass is 9.96. The second-order valence-electron chi connectivity index (χ2n) is 7.37. The Kier molecular flexibility index (Phi) is 6.63. The van der Waals surface area contributed by atoms with Crippen LogP contribution in [0, 0.1) is 18.7 Å². The summed E-state index contributed by atoms with van der Waals surface area (Å²) in [5.41, 5.74) is 1.10. The molecule has 0 aliphatic carbocycles. The standard InChI is InChI=1S/C21H29FN2S/c1-17-6-7-21(25-17)16-23(2)15-19-9-12-24(13-10-19)11-8-18-4-3-5-20(22)14-18/h3-7,14,19H,8-13,15-16H2,1-2H3. The molecule has 3 rings (SSSR count). The molecule has 0 unspecified atom stereocenters. The molecule has 1 aliphatic rings. The van der Waals surface area contributed by atoms with E-state index in [1.165, 1.54) is 48.3 Å². The van der Waals surface area contributed by atoms with E-state index >= 15 is 0 Å². The molecule has 1 aromatic heterocycles. The molecular formula is C21H29FN2S. The predicted octanol–water partition coefficient (Wildman–Crippen LogP) is 4.58. The van der Waals surface area contributed by atoms with Gasteiger partial charge < -0.3 is 9.80 Å². The number of piperidine rings is 1. The topological polar surface area (TPSA) is 6.48 Å². The number of hydrogen-bond donors (Lipinski definition) is 0. The zero-order valence-electron chi connectivity index (χ0n) is 15.4. The minimum absolute atomic E-state index is 0.125. The lowest BCUT2D eigenvalue weighted by Crippen LogP contribution is -2.38. The lowest BCUT2D eigenvalue weighted by molar-refractivity contribution is 0.154. The van der Waals surface area contributed by atoms with E-state index in [-0.39, 0.29) is 5.82 Å². The van der Waals surface area contributed by atoms with Crippen LogP contribution in [0.25, 0.3) is 0 Å². The highest BCUT2D eigenvalue weighted by molar-refractivity contribution is 7.11. The number of hydrogen-bond acceptors (Lipinski definition) is 3. The number of aryl methyl sites for hydroxylation is 1. The highest BCUT2D eigenvalue weighted by atomic mass is 32.1. The predicted molar refractivity (Wildman–Crippen MR) is 105 cm³/mol. The van der Waals surface area contributed by atoms with E-state index in [4.69, 9.17) is 0 Å². The number of nitrogens with zero attached hydrogens (tertiary/aromatic N) is 2. The molecule has 2 aromatic rings. The van der Waals surface area contributed by atoms with Crippen molar-refractivity contribution in [3.8, 4) is 0 Å². The van der Waals surface area contributed by atoms with Crippen molar-refractivity contribution >= 4 is 11.3 Å². The Morgan fingerprint density at radius 2 is 2.00 bits per heavy atom. The van der Waals surface area contributed by atoms with Crippen molar-refractivity contribution in [2.75, 3.05) is 33.2 Å². The van der Waals surface area contributed by atoms with Crippen molar-refractivity contribution in [3.63, 3.8) is 0 Å². The van der Waals surface area contributed by atoms with Gasteiger partial charge in [0.25, 0.3) is 0 Å². The summed E-state index contributed by atoms with van der Waals surface area (Å²) < 4.78 is 13.2. The Labute approximate surface area is 155 Å². The van der Waals surface area contributed by atoms with Gasteiger partial charge in [-0.05, 0) is 82.1 Å². The quantitative estimate of drug-likeness (QED) is 0.713. The fraction of sp³-hybridized carbons (Fsp3) is 0.524. The van der Waals surface area contributed by atoms with Crippen molar-refractivity contribution in [2.24, 2.45) is 5.92 Å². The molecule has 2 heterocycles. The normalized spacial score (nSPS) is 16.6. The Bertz CT molecular complexity index is 661. The van der Waals surface area contributed by atoms with Gasteiger partial charge in [-0.1, -0.05) is 12.1 Å². The second-order valence-corrected chi connectivity index (χ2v) is 8.75. The van der Waals surface area contributed by atoms with Crippen LogP contribution < -0.4 is 0 Å². The van der Waals surface area contributed by atoms with E-state index in [1.54, 1.807) is 6.07 Å². The van der Waals surface area contributed by atoms with Crippen molar-refractivity contribution in [3.05, 3.63) is 57.5 Å². The van der Waals surface area contributed by atoms with Gasteiger partial charge in [0.1, 0.15) is 5.82 Å². The summed E-state index contributed by atoms with van der Waals surface area (Å²) in [6.07, 6.45) is 3.49. The average molecular weight is 361 g/mol. The van der Waals surface area contributed by atoms with Gasteiger partial charge in [0.15, 0.2) is 0 Å². The van der Waals surface area contributed by atoms with Gasteiger partial charge in [-0.3, -0.25) is 0 Å². The minimum atomic E-state index is -0.125. The van der Waals surface area contributed by atoms with Crippen LogP contribution in [0.1, 0.15) is 28.2 Å². The molecule has 0 saturated carbocycles. The molecule has 1 saturated heterocycles. The van der Waals surface area contributed by atoms with Gasteiger partial charge in [0, 0.05) is 29.4 Å². The molecular weight excluding hydrogens is 331 g/mol. The first-order chi connectivity index (χ1) is 12.1. The zero-order valence-corrected chi connectivity index (χ0v) is 16.2. The Balaban J connectivity index is 1.36. The van der Waals surface area contributed by atoms with E-state index in [0.29, 0.717) is 0 Å². The molecule has 136 valence electrons. The van der Waals surface area contributed by atoms with Crippen LogP contribution in [0.2, 0.25) is 0 Å². The van der Waals surface area contributed by atoms with Crippen LogP contribution in [0.3, 0.4) is 0 Å². The van der Waals surface area contributed by atoms with Crippen molar-refractivity contribution < 1.29 is 4.39 Å². The Morgan fingerprint density at radius 3 is 2.68 bits per heavy atom. The number of benzene rings is 1. The fourth-order valence-corrected chi connectivity index (χ4v) is 4.68. The van der Waals surface area contributed by atoms with Crippen LogP contribution in [0.4, 0.5) is 4.39 Å². The van der Waals surface area contributed by atoms with Crippen LogP contribution in [0.5, 0.6) is 0 Å². The first-order valence-electron chi connectivity index (χ1n) is 9.29. The van der Waals surface area contributed by atoms with Crippen molar-refractivity contribution in [1.29, 1.82) is 0 Å². The number of thiophene rings is 1. The van der Waals surface area contributed by atoms with E-state index in [1.807, 2.05) is 23.5 Å². The van der Waals surface area contributed by atoms with Crippen LogP contribution in [-0.2, 0) is 13.0 Å². The SMILES string of the molecule is Cc1ccc(CN(C)CC2CCN(CCc3cccc(F)c3)CC2)s1. The van der Waals surface area contributed by atoms with Gasteiger partial charge in [-0.15, -0.1) is 11.3 Å². The highest BCUT2D eigenvalue weighted by Gasteiger charge is 2.20. The van der Waals surface area contributed by atoms with E-state index in [2.05, 4.69) is 35.9 Å². The molecule has 1 aliphatic heterocycles. The zero-order chi connectivity index (χ0) is 17.6. The molecule has 0 amide bonds. The third-order valence-electron chi connectivity index (χ3n) is 5.10. The van der Waals surface area contributed by atoms with E-state index in [9.17, 15) is 4.39 Å². The molecule has 0 spiro atoms. The van der Waals surface area contributed by atoms with E-state index in [0.717, 1.165) is 31.0 Å². The minimum Gasteiger partial charge on any atom is -0.303 e. The highest BCUT2D eigenvalue weighted by Crippen LogP contribution is 2.21. The van der Waals surface area contributed by atoms with E-state index < -0.39 is 0 Å². The maximum atomic E-state index is 13.2. The van der Waals surface area contributed by atoms with Gasteiger partial charge >= 0.3 is 0 Å². The number of likely N-dealkylation sites (tertiary alicyclic amines) is 1. The number of halogens is 1. The van der Waals surface area contributed by atoms with Crippen molar-refractivity contribution in [2.45, 2.75) is 32.7 Å². The summed E-state index contributed by atoms with van der Waals surface area (Å²) in [6, 6.07) is 11.5. The third kappa shape index (κ3) is 5.91. The molecule has 0 atom stereocenters. The van der Waals surface area contributed by atoms with Gasteiger partial charge in [-0.2, -0.15) is 0 Å². The average Bonchev–Trinajstić information content (AvgIpc) is 2.99. The Hall–Kier alpha value is -1.23. The van der Waals surface area contributed by atoms with Gasteiger partial charge in [0.05, 0.1) is 0 Å². The maximum Gasteiger partial charge on any atom is 0.123 e. The maximum absolute atomic E-state index is 13.2. The first kappa shape index (κ1) is 18.6. The largest absolute Gasteiger partial charge is 0.303 e. The molecule has 4 heteroatoms. The third-order valence-corrected chi connectivity index (χ3v) is 6.09. The summed E-state index contributed by atoms with van der Waals surface area (Å²) >= 11 is 1.91. The first-order valence-corrected chi connectivity index (χ1v) is 10.1. The molecule has 0 radical (unpaired) electrons. The van der Waals surface area contributed by atoms with Gasteiger partial charge in [0.2, 0.25) is 0 Å². The summed E-state index contributed by atoms with van der Waals surface area (Å²) in [7, 11) is 2.24. The van der Waals surface area contributed by atoms with Gasteiger partial charge in [-0.25, -0.2) is 4.39 Å². The van der Waals surface area contributed by atoms with Crippen molar-refractivity contribution in [1.82, 2.24) is 9.80 Å². The van der Waals surface area contributed by atoms with Crippen LogP contribution >= 0.6 is 11.3 Å². The van der Waals surface area contributed by atoms with Crippen LogP contribution in [0.15, 0.2) is 36.4 Å². The molecule has 0 N–H and O–H groups in total. The molecule has 0 bridgehead atoms. The van der Waals surface area contributed by atoms with Crippen LogP contribution in [-0.4, -0.2) is 43.0 Å². The summed E-state index contributed by atoms with van der Waals surface area (Å²) in [6.45, 7) is 7.82. The molecule has 25 heavy (non-hydrogen) atoms. The summed E-state index contributed by atoms with van der Waals surface area (Å²) in [5.74, 6) is 0.677. The number of rotatable bonds is 7. The molecule has 1 aromatic carbocycles. The summed E-state index contributed by atoms with van der Waals surface area (Å²) in [5, 5.41) is 0. The molecule has 2 nitrogen and oxygen atoms in total. The Morgan fingerprint density at radius 1 is 1.20 bits per heavy atom. The second kappa shape index (κ2) is 8.93. The monoisotopic (exact) mass is 360 g/mol. The smallest absolute Gasteiger partial charge is 0.123 e.